The second kappa shape index (κ2) is 4.54. The van der Waals surface area contributed by atoms with Crippen LogP contribution in [0.15, 0.2) is 11.1 Å². The first-order valence-corrected chi connectivity index (χ1v) is 3.86. The standard InChI is InChI=1S/C8H14N2O2/c1-3-5(7(9)11)6(4-2)8(10)12/h3-4H2,1-2H3,(H2,9,11)(H2,10,12). The first-order chi connectivity index (χ1) is 5.54. The van der Waals surface area contributed by atoms with Crippen molar-refractivity contribution in [1.82, 2.24) is 0 Å². The molecule has 0 aliphatic rings. The van der Waals surface area contributed by atoms with Crippen molar-refractivity contribution in [3.63, 3.8) is 0 Å². The molecule has 0 aromatic carbocycles. The summed E-state index contributed by atoms with van der Waals surface area (Å²) >= 11 is 0. The van der Waals surface area contributed by atoms with Crippen molar-refractivity contribution in [1.29, 1.82) is 0 Å². The number of hydrogen-bond acceptors (Lipinski definition) is 2. The summed E-state index contributed by atoms with van der Waals surface area (Å²) < 4.78 is 0. The molecule has 4 N–H and O–H groups in total. The summed E-state index contributed by atoms with van der Waals surface area (Å²) in [7, 11) is 0. The van der Waals surface area contributed by atoms with E-state index < -0.39 is 11.8 Å². The van der Waals surface area contributed by atoms with Crippen LogP contribution in [0.5, 0.6) is 0 Å². The van der Waals surface area contributed by atoms with Gasteiger partial charge in [-0.1, -0.05) is 13.8 Å². The highest BCUT2D eigenvalue weighted by atomic mass is 16.2. The average molecular weight is 170 g/mol. The second-order valence-electron chi connectivity index (χ2n) is 2.39. The van der Waals surface area contributed by atoms with Gasteiger partial charge in [-0.05, 0) is 12.8 Å². The van der Waals surface area contributed by atoms with Crippen LogP contribution in [-0.2, 0) is 9.59 Å². The van der Waals surface area contributed by atoms with Gasteiger partial charge in [0, 0.05) is 11.1 Å². The van der Waals surface area contributed by atoms with Crippen LogP contribution in [0, 0.1) is 0 Å². The molecule has 0 saturated heterocycles. The zero-order valence-corrected chi connectivity index (χ0v) is 7.39. The van der Waals surface area contributed by atoms with E-state index in [0.717, 1.165) is 0 Å². The third-order valence-electron chi connectivity index (χ3n) is 1.67. The quantitative estimate of drug-likeness (QED) is 0.585. The summed E-state index contributed by atoms with van der Waals surface area (Å²) in [6.45, 7) is 3.53. The lowest BCUT2D eigenvalue weighted by atomic mass is 10.0. The van der Waals surface area contributed by atoms with E-state index in [1.165, 1.54) is 0 Å². The molecule has 0 atom stereocenters. The van der Waals surface area contributed by atoms with Crippen molar-refractivity contribution in [2.75, 3.05) is 0 Å². The lowest BCUT2D eigenvalue weighted by molar-refractivity contribution is -0.117. The van der Waals surface area contributed by atoms with E-state index >= 15 is 0 Å². The van der Waals surface area contributed by atoms with E-state index in [1.54, 1.807) is 13.8 Å². The number of hydrogen-bond donors (Lipinski definition) is 2. The van der Waals surface area contributed by atoms with Gasteiger partial charge in [-0.15, -0.1) is 0 Å². The summed E-state index contributed by atoms with van der Waals surface area (Å²) in [5.41, 5.74) is 10.8. The van der Waals surface area contributed by atoms with Crippen molar-refractivity contribution in [3.05, 3.63) is 11.1 Å². The third kappa shape index (κ3) is 2.38. The van der Waals surface area contributed by atoms with Crippen LogP contribution in [0.4, 0.5) is 0 Å². The molecule has 0 radical (unpaired) electrons. The van der Waals surface area contributed by atoms with E-state index in [0.29, 0.717) is 24.0 Å². The Morgan fingerprint density at radius 1 is 0.917 bits per heavy atom. The molecule has 0 saturated carbocycles. The van der Waals surface area contributed by atoms with Gasteiger partial charge in [0.15, 0.2) is 0 Å². The Hall–Kier alpha value is -1.32. The molecule has 0 heterocycles. The monoisotopic (exact) mass is 170 g/mol. The highest BCUT2D eigenvalue weighted by Gasteiger charge is 2.12. The molecule has 0 unspecified atom stereocenters. The molecule has 0 aliphatic carbocycles. The predicted molar refractivity (Wildman–Crippen MR) is 46.0 cm³/mol. The number of amides is 2. The molecule has 0 fully saturated rings. The second-order valence-corrected chi connectivity index (χ2v) is 2.39. The highest BCUT2D eigenvalue weighted by Crippen LogP contribution is 2.11. The molecule has 0 aromatic heterocycles. The largest absolute Gasteiger partial charge is 0.366 e. The maximum Gasteiger partial charge on any atom is 0.245 e. The highest BCUT2D eigenvalue weighted by molar-refractivity contribution is 6.03. The first-order valence-electron chi connectivity index (χ1n) is 3.86. The Morgan fingerprint density at radius 2 is 1.17 bits per heavy atom. The maximum absolute atomic E-state index is 10.8. The molecule has 4 nitrogen and oxygen atoms in total. The van der Waals surface area contributed by atoms with E-state index in [2.05, 4.69) is 0 Å². The van der Waals surface area contributed by atoms with E-state index in [1.807, 2.05) is 0 Å². The van der Waals surface area contributed by atoms with Gasteiger partial charge in [0.1, 0.15) is 0 Å². The number of nitrogens with two attached hydrogens (primary N) is 2. The van der Waals surface area contributed by atoms with Gasteiger partial charge in [0.2, 0.25) is 11.8 Å². The Labute approximate surface area is 71.6 Å². The van der Waals surface area contributed by atoms with Crippen LogP contribution in [-0.4, -0.2) is 11.8 Å². The minimum Gasteiger partial charge on any atom is -0.366 e. The number of carbonyl (C=O) groups is 2. The molecule has 0 aromatic rings. The molecular weight excluding hydrogens is 156 g/mol. The Morgan fingerprint density at radius 3 is 1.25 bits per heavy atom. The smallest absolute Gasteiger partial charge is 0.245 e. The summed E-state index contributed by atoms with van der Waals surface area (Å²) in [4.78, 5) is 21.6. The van der Waals surface area contributed by atoms with Gasteiger partial charge in [-0.2, -0.15) is 0 Å². The SMILES string of the molecule is CCC(C(N)=O)=C(CC)C(N)=O. The van der Waals surface area contributed by atoms with Gasteiger partial charge < -0.3 is 11.5 Å². The molecule has 0 spiro atoms. The van der Waals surface area contributed by atoms with Crippen molar-refractivity contribution < 1.29 is 9.59 Å². The number of rotatable bonds is 4. The molecule has 4 heteroatoms. The van der Waals surface area contributed by atoms with Crippen LogP contribution in [0.25, 0.3) is 0 Å². The van der Waals surface area contributed by atoms with E-state index in [4.69, 9.17) is 11.5 Å². The maximum atomic E-state index is 10.8. The number of carbonyl (C=O) groups excluding carboxylic acids is 2. The van der Waals surface area contributed by atoms with E-state index in [9.17, 15) is 9.59 Å². The molecule has 2 amide bonds. The molecular formula is C8H14N2O2. The summed E-state index contributed by atoms with van der Waals surface area (Å²) in [6, 6.07) is 0. The van der Waals surface area contributed by atoms with Crippen molar-refractivity contribution in [3.8, 4) is 0 Å². The van der Waals surface area contributed by atoms with Gasteiger partial charge >= 0.3 is 0 Å². The predicted octanol–water partition coefficient (Wildman–Crippen LogP) is 0.0736. The Balaban J connectivity index is 5.01. The minimum absolute atomic E-state index is 0.338. The molecule has 0 rings (SSSR count). The average Bonchev–Trinajstić information content (AvgIpc) is 1.98. The minimum atomic E-state index is -0.562. The molecule has 68 valence electrons. The first kappa shape index (κ1) is 10.7. The third-order valence-corrected chi connectivity index (χ3v) is 1.67. The molecule has 0 aliphatic heterocycles. The summed E-state index contributed by atoms with van der Waals surface area (Å²) in [5.74, 6) is -1.12. The number of primary amides is 2. The van der Waals surface area contributed by atoms with E-state index in [-0.39, 0.29) is 0 Å². The van der Waals surface area contributed by atoms with Crippen molar-refractivity contribution in [2.24, 2.45) is 11.5 Å². The summed E-state index contributed by atoms with van der Waals surface area (Å²) in [6.07, 6.45) is 0.892. The van der Waals surface area contributed by atoms with Crippen molar-refractivity contribution >= 4 is 11.8 Å². The summed E-state index contributed by atoms with van der Waals surface area (Å²) in [5, 5.41) is 0. The van der Waals surface area contributed by atoms with Gasteiger partial charge in [-0.25, -0.2) is 0 Å². The fourth-order valence-corrected chi connectivity index (χ4v) is 1.07. The van der Waals surface area contributed by atoms with Crippen LogP contribution in [0.3, 0.4) is 0 Å². The Kier molecular flexibility index (Phi) is 4.04. The van der Waals surface area contributed by atoms with Crippen LogP contribution < -0.4 is 11.5 Å². The van der Waals surface area contributed by atoms with Gasteiger partial charge in [-0.3, -0.25) is 9.59 Å². The normalized spacial score (nSPS) is 12.2. The lowest BCUT2D eigenvalue weighted by Gasteiger charge is -2.05. The van der Waals surface area contributed by atoms with Crippen LogP contribution in [0.2, 0.25) is 0 Å². The van der Waals surface area contributed by atoms with Gasteiger partial charge in [0.05, 0.1) is 0 Å². The zero-order chi connectivity index (χ0) is 9.72. The fourth-order valence-electron chi connectivity index (χ4n) is 1.07. The van der Waals surface area contributed by atoms with Crippen LogP contribution in [0.1, 0.15) is 26.7 Å². The fraction of sp³-hybridized carbons (Fsp3) is 0.500. The zero-order valence-electron chi connectivity index (χ0n) is 7.39. The molecule has 0 bridgehead atoms. The Bertz CT molecular complexity index is 207. The molecule has 12 heavy (non-hydrogen) atoms. The van der Waals surface area contributed by atoms with Gasteiger partial charge in [0.25, 0.3) is 0 Å². The van der Waals surface area contributed by atoms with Crippen molar-refractivity contribution in [2.45, 2.75) is 26.7 Å². The lowest BCUT2D eigenvalue weighted by Crippen LogP contribution is -2.22. The topological polar surface area (TPSA) is 86.2 Å². The van der Waals surface area contributed by atoms with Crippen LogP contribution >= 0.6 is 0 Å².